The standard InChI is InChI=1S/C15H20N6O2S/c1-3-20-6-8-21(9-7-20)10-4-5-17-13(18-10)11-12(14(22)23-2)24-15(16)19-11/h4-5H,3,6-9H2,1-2H3,(H2,16,19). The molecule has 0 unspecified atom stereocenters. The van der Waals surface area contributed by atoms with Crippen LogP contribution in [-0.4, -0.2) is 65.7 Å². The number of esters is 1. The van der Waals surface area contributed by atoms with Crippen molar-refractivity contribution in [2.45, 2.75) is 6.92 Å². The molecule has 3 heterocycles. The van der Waals surface area contributed by atoms with Gasteiger partial charge in [-0.3, -0.25) is 0 Å². The summed E-state index contributed by atoms with van der Waals surface area (Å²) >= 11 is 1.08. The van der Waals surface area contributed by atoms with Gasteiger partial charge in [0.1, 0.15) is 16.4 Å². The van der Waals surface area contributed by atoms with Gasteiger partial charge in [0.05, 0.1) is 7.11 Å². The van der Waals surface area contributed by atoms with Crippen molar-refractivity contribution in [1.29, 1.82) is 0 Å². The third kappa shape index (κ3) is 3.31. The smallest absolute Gasteiger partial charge is 0.350 e. The molecule has 0 radical (unpaired) electrons. The Morgan fingerprint density at radius 2 is 2.08 bits per heavy atom. The van der Waals surface area contributed by atoms with Crippen LogP contribution in [0.15, 0.2) is 12.3 Å². The van der Waals surface area contributed by atoms with Crippen LogP contribution in [0.25, 0.3) is 11.5 Å². The molecule has 2 aromatic heterocycles. The molecule has 8 nitrogen and oxygen atoms in total. The zero-order valence-corrected chi connectivity index (χ0v) is 14.5. The van der Waals surface area contributed by atoms with Gasteiger partial charge in [0.2, 0.25) is 0 Å². The number of hydrogen-bond donors (Lipinski definition) is 1. The van der Waals surface area contributed by atoms with Gasteiger partial charge in [-0.15, -0.1) is 0 Å². The summed E-state index contributed by atoms with van der Waals surface area (Å²) in [6, 6.07) is 1.87. The van der Waals surface area contributed by atoms with Crippen molar-refractivity contribution >= 4 is 28.3 Å². The van der Waals surface area contributed by atoms with Crippen molar-refractivity contribution in [2.24, 2.45) is 0 Å². The topological polar surface area (TPSA) is 97.5 Å². The number of anilines is 2. The number of hydrogen-bond acceptors (Lipinski definition) is 9. The minimum atomic E-state index is -0.482. The highest BCUT2D eigenvalue weighted by Gasteiger charge is 2.23. The summed E-state index contributed by atoms with van der Waals surface area (Å²) in [6.45, 7) is 7.06. The highest BCUT2D eigenvalue weighted by Crippen LogP contribution is 2.29. The van der Waals surface area contributed by atoms with Gasteiger partial charge in [-0.1, -0.05) is 18.3 Å². The van der Waals surface area contributed by atoms with Gasteiger partial charge in [0, 0.05) is 32.4 Å². The number of methoxy groups -OCH3 is 1. The first kappa shape index (κ1) is 16.6. The Balaban J connectivity index is 1.88. The fourth-order valence-electron chi connectivity index (χ4n) is 2.65. The highest BCUT2D eigenvalue weighted by molar-refractivity contribution is 7.17. The van der Waals surface area contributed by atoms with E-state index in [0.717, 1.165) is 49.9 Å². The first-order chi connectivity index (χ1) is 11.6. The first-order valence-corrected chi connectivity index (χ1v) is 8.59. The monoisotopic (exact) mass is 348 g/mol. The number of aromatic nitrogens is 3. The quantitative estimate of drug-likeness (QED) is 0.821. The second kappa shape index (κ2) is 7.10. The molecule has 2 aromatic rings. The Kier molecular flexibility index (Phi) is 4.91. The molecular weight excluding hydrogens is 328 g/mol. The van der Waals surface area contributed by atoms with Crippen LogP contribution in [0.2, 0.25) is 0 Å². The van der Waals surface area contributed by atoms with E-state index in [1.54, 1.807) is 6.20 Å². The van der Waals surface area contributed by atoms with Crippen LogP contribution in [0, 0.1) is 0 Å². The number of nitrogens with two attached hydrogens (primary N) is 1. The summed E-state index contributed by atoms with van der Waals surface area (Å²) in [5.41, 5.74) is 6.12. The van der Waals surface area contributed by atoms with E-state index < -0.39 is 5.97 Å². The van der Waals surface area contributed by atoms with E-state index in [2.05, 4.69) is 31.7 Å². The maximum Gasteiger partial charge on any atom is 0.350 e. The summed E-state index contributed by atoms with van der Waals surface area (Å²) in [6.07, 6.45) is 1.68. The third-order valence-corrected chi connectivity index (χ3v) is 4.88. The number of piperazine rings is 1. The molecule has 0 amide bonds. The zero-order chi connectivity index (χ0) is 17.1. The van der Waals surface area contributed by atoms with Crippen LogP contribution in [0.4, 0.5) is 10.9 Å². The van der Waals surface area contributed by atoms with Gasteiger partial charge >= 0.3 is 5.97 Å². The average Bonchev–Trinajstić information content (AvgIpc) is 3.03. The second-order valence-corrected chi connectivity index (χ2v) is 6.41. The number of carbonyl (C=O) groups is 1. The van der Waals surface area contributed by atoms with E-state index in [0.29, 0.717) is 16.4 Å². The van der Waals surface area contributed by atoms with Gasteiger partial charge < -0.3 is 20.3 Å². The Morgan fingerprint density at radius 1 is 1.33 bits per heavy atom. The van der Waals surface area contributed by atoms with Crippen molar-refractivity contribution < 1.29 is 9.53 Å². The second-order valence-electron chi connectivity index (χ2n) is 5.38. The molecule has 1 saturated heterocycles. The lowest BCUT2D eigenvalue weighted by atomic mass is 10.3. The van der Waals surface area contributed by atoms with Crippen LogP contribution in [0.3, 0.4) is 0 Å². The van der Waals surface area contributed by atoms with Crippen molar-refractivity contribution in [3.05, 3.63) is 17.1 Å². The third-order valence-electron chi connectivity index (χ3n) is 4.01. The average molecular weight is 348 g/mol. The molecule has 0 atom stereocenters. The van der Waals surface area contributed by atoms with Gasteiger partial charge in [0.15, 0.2) is 11.0 Å². The number of likely N-dealkylation sites (N-methyl/N-ethyl adjacent to an activating group) is 1. The van der Waals surface area contributed by atoms with Gasteiger partial charge in [0.25, 0.3) is 0 Å². The Bertz CT molecular complexity index is 727. The minimum absolute atomic E-state index is 0.288. The van der Waals surface area contributed by atoms with Gasteiger partial charge in [-0.05, 0) is 12.6 Å². The lowest BCUT2D eigenvalue weighted by Gasteiger charge is -2.34. The molecule has 2 N–H and O–H groups in total. The van der Waals surface area contributed by atoms with Gasteiger partial charge in [-0.2, -0.15) is 0 Å². The van der Waals surface area contributed by atoms with E-state index >= 15 is 0 Å². The number of nitrogen functional groups attached to an aromatic ring is 1. The molecule has 0 saturated carbocycles. The van der Waals surface area contributed by atoms with Crippen LogP contribution < -0.4 is 10.6 Å². The molecule has 0 bridgehead atoms. The van der Waals surface area contributed by atoms with Gasteiger partial charge in [-0.25, -0.2) is 19.7 Å². The fraction of sp³-hybridized carbons (Fsp3) is 0.467. The summed E-state index contributed by atoms with van der Waals surface area (Å²) < 4.78 is 4.79. The molecule has 3 rings (SSSR count). The fourth-order valence-corrected chi connectivity index (χ4v) is 3.40. The number of nitrogens with zero attached hydrogens (tertiary/aromatic N) is 5. The SMILES string of the molecule is CCN1CCN(c2ccnc(-c3nc(N)sc3C(=O)OC)n2)CC1. The first-order valence-electron chi connectivity index (χ1n) is 7.77. The van der Waals surface area contributed by atoms with E-state index in [9.17, 15) is 4.79 Å². The van der Waals surface area contributed by atoms with Crippen molar-refractivity contribution in [3.8, 4) is 11.5 Å². The molecule has 9 heteroatoms. The maximum absolute atomic E-state index is 11.9. The molecule has 0 aromatic carbocycles. The minimum Gasteiger partial charge on any atom is -0.465 e. The molecule has 1 aliphatic rings. The summed E-state index contributed by atoms with van der Waals surface area (Å²) in [4.78, 5) is 29.9. The zero-order valence-electron chi connectivity index (χ0n) is 13.7. The van der Waals surface area contributed by atoms with Crippen molar-refractivity contribution in [2.75, 3.05) is 50.5 Å². The lowest BCUT2D eigenvalue weighted by Crippen LogP contribution is -2.46. The van der Waals surface area contributed by atoms with E-state index in [-0.39, 0.29) is 5.13 Å². The summed E-state index contributed by atoms with van der Waals surface area (Å²) in [5, 5.41) is 0.288. The van der Waals surface area contributed by atoms with Crippen LogP contribution in [0.1, 0.15) is 16.6 Å². The predicted octanol–water partition coefficient (Wildman–Crippen LogP) is 1.11. The number of ether oxygens (including phenoxy) is 1. The molecule has 1 aliphatic heterocycles. The summed E-state index contributed by atoms with van der Waals surface area (Å²) in [5.74, 6) is 0.738. The molecule has 1 fully saturated rings. The van der Waals surface area contributed by atoms with E-state index in [1.807, 2.05) is 6.07 Å². The molecule has 128 valence electrons. The molecule has 24 heavy (non-hydrogen) atoms. The predicted molar refractivity (Wildman–Crippen MR) is 93.2 cm³/mol. The van der Waals surface area contributed by atoms with Crippen LogP contribution in [0.5, 0.6) is 0 Å². The largest absolute Gasteiger partial charge is 0.465 e. The maximum atomic E-state index is 11.9. The molecule has 0 spiro atoms. The normalized spacial score (nSPS) is 15.5. The lowest BCUT2D eigenvalue weighted by molar-refractivity contribution is 0.0607. The Labute approximate surface area is 144 Å². The number of rotatable bonds is 4. The Morgan fingerprint density at radius 3 is 2.75 bits per heavy atom. The van der Waals surface area contributed by atoms with E-state index in [1.165, 1.54) is 7.11 Å². The van der Waals surface area contributed by atoms with Crippen molar-refractivity contribution in [1.82, 2.24) is 19.9 Å². The van der Waals surface area contributed by atoms with Crippen LogP contribution in [-0.2, 0) is 4.74 Å². The number of thiazole rings is 1. The van der Waals surface area contributed by atoms with Crippen LogP contribution >= 0.6 is 11.3 Å². The Hall–Kier alpha value is -2.26. The summed E-state index contributed by atoms with van der Waals surface area (Å²) in [7, 11) is 1.33. The van der Waals surface area contributed by atoms with Crippen molar-refractivity contribution in [3.63, 3.8) is 0 Å². The molecular formula is C15H20N6O2S. The number of carbonyl (C=O) groups excluding carboxylic acids is 1. The highest BCUT2D eigenvalue weighted by atomic mass is 32.1. The molecule has 0 aliphatic carbocycles. The van der Waals surface area contributed by atoms with E-state index in [4.69, 9.17) is 10.5 Å².